The van der Waals surface area contributed by atoms with Crippen LogP contribution in [0.15, 0.2) is 5.38 Å². The van der Waals surface area contributed by atoms with E-state index in [-0.39, 0.29) is 5.91 Å². The van der Waals surface area contributed by atoms with Crippen molar-refractivity contribution >= 4 is 17.2 Å². The van der Waals surface area contributed by atoms with Crippen molar-refractivity contribution in [1.29, 1.82) is 0 Å². The summed E-state index contributed by atoms with van der Waals surface area (Å²) in [5.41, 5.74) is 0.915. The summed E-state index contributed by atoms with van der Waals surface area (Å²) in [5, 5.41) is 6.22. The summed E-state index contributed by atoms with van der Waals surface area (Å²) in [7, 11) is 1.97. The van der Waals surface area contributed by atoms with E-state index in [1.807, 2.05) is 24.3 Å². The van der Waals surface area contributed by atoms with E-state index in [1.165, 1.54) is 6.42 Å². The SMILES string of the molecule is CNC[C@@H]1CCCN(C(=O)Cc2csc(C)n2)C1. The van der Waals surface area contributed by atoms with Crippen molar-refractivity contribution < 1.29 is 4.79 Å². The monoisotopic (exact) mass is 267 g/mol. The topological polar surface area (TPSA) is 45.2 Å². The minimum Gasteiger partial charge on any atom is -0.342 e. The highest BCUT2D eigenvalue weighted by atomic mass is 32.1. The van der Waals surface area contributed by atoms with Gasteiger partial charge in [0.2, 0.25) is 5.91 Å². The molecule has 1 atom stereocenters. The second-order valence-electron chi connectivity index (χ2n) is 4.94. The van der Waals surface area contributed by atoms with Gasteiger partial charge in [0.25, 0.3) is 0 Å². The van der Waals surface area contributed by atoms with Gasteiger partial charge >= 0.3 is 0 Å². The van der Waals surface area contributed by atoms with Gasteiger partial charge in [-0.05, 0) is 39.3 Å². The van der Waals surface area contributed by atoms with Gasteiger partial charge < -0.3 is 10.2 Å². The van der Waals surface area contributed by atoms with Gasteiger partial charge in [-0.3, -0.25) is 4.79 Å². The standard InChI is InChI=1S/C13H21N3OS/c1-10-15-12(9-18-10)6-13(17)16-5-3-4-11(8-16)7-14-2/h9,11,14H,3-8H2,1-2H3/t11-/m0/s1. The van der Waals surface area contributed by atoms with Crippen LogP contribution in [0.4, 0.5) is 0 Å². The fourth-order valence-corrected chi connectivity index (χ4v) is 3.12. The normalized spacial score (nSPS) is 20.1. The van der Waals surface area contributed by atoms with Gasteiger partial charge in [-0.1, -0.05) is 0 Å². The molecular formula is C13H21N3OS. The highest BCUT2D eigenvalue weighted by molar-refractivity contribution is 7.09. The Morgan fingerprint density at radius 3 is 3.17 bits per heavy atom. The Labute approximate surface area is 112 Å². The summed E-state index contributed by atoms with van der Waals surface area (Å²) >= 11 is 1.61. The average molecular weight is 267 g/mol. The van der Waals surface area contributed by atoms with Crippen molar-refractivity contribution in [2.45, 2.75) is 26.2 Å². The number of hydrogen-bond acceptors (Lipinski definition) is 4. The first-order valence-electron chi connectivity index (χ1n) is 6.52. The maximum absolute atomic E-state index is 12.2. The van der Waals surface area contributed by atoms with Crippen molar-refractivity contribution in [2.24, 2.45) is 5.92 Å². The van der Waals surface area contributed by atoms with Gasteiger partial charge in [0.15, 0.2) is 0 Å². The molecule has 1 aromatic heterocycles. The van der Waals surface area contributed by atoms with Crippen LogP contribution in [-0.2, 0) is 11.2 Å². The third-order valence-electron chi connectivity index (χ3n) is 3.36. The fraction of sp³-hybridized carbons (Fsp3) is 0.692. The number of thiazole rings is 1. The lowest BCUT2D eigenvalue weighted by Gasteiger charge is -2.32. The summed E-state index contributed by atoms with van der Waals surface area (Å²) in [6, 6.07) is 0. The molecule has 1 amide bonds. The summed E-state index contributed by atoms with van der Waals surface area (Å²) < 4.78 is 0. The average Bonchev–Trinajstić information content (AvgIpc) is 2.75. The first-order chi connectivity index (χ1) is 8.69. The molecule has 0 saturated carbocycles. The molecule has 1 saturated heterocycles. The molecule has 1 N–H and O–H groups in total. The second kappa shape index (κ2) is 6.29. The Kier molecular flexibility index (Phi) is 4.72. The van der Waals surface area contributed by atoms with Crippen molar-refractivity contribution in [3.8, 4) is 0 Å². The maximum Gasteiger partial charge on any atom is 0.228 e. The van der Waals surface area contributed by atoms with Crippen LogP contribution in [-0.4, -0.2) is 42.5 Å². The molecule has 18 heavy (non-hydrogen) atoms. The maximum atomic E-state index is 12.2. The second-order valence-corrected chi connectivity index (χ2v) is 6.00. The zero-order valence-electron chi connectivity index (χ0n) is 11.1. The van der Waals surface area contributed by atoms with Crippen LogP contribution >= 0.6 is 11.3 Å². The number of aromatic nitrogens is 1. The van der Waals surface area contributed by atoms with Crippen LogP contribution in [0.1, 0.15) is 23.5 Å². The molecule has 1 aliphatic heterocycles. The Morgan fingerprint density at radius 2 is 2.50 bits per heavy atom. The highest BCUT2D eigenvalue weighted by Gasteiger charge is 2.23. The minimum atomic E-state index is 0.223. The number of amides is 1. The number of hydrogen-bond donors (Lipinski definition) is 1. The Hall–Kier alpha value is -0.940. The number of nitrogens with zero attached hydrogens (tertiary/aromatic N) is 2. The van der Waals surface area contributed by atoms with Crippen LogP contribution in [0.5, 0.6) is 0 Å². The molecule has 0 aromatic carbocycles. The predicted molar refractivity (Wildman–Crippen MR) is 73.8 cm³/mol. The number of piperidine rings is 1. The molecule has 1 aliphatic rings. The molecule has 5 heteroatoms. The zero-order chi connectivity index (χ0) is 13.0. The molecule has 2 heterocycles. The Bertz CT molecular complexity index is 403. The Balaban J connectivity index is 1.88. The number of aryl methyl sites for hydroxylation is 1. The van der Waals surface area contributed by atoms with Crippen LogP contribution < -0.4 is 5.32 Å². The first kappa shape index (κ1) is 13.5. The zero-order valence-corrected chi connectivity index (χ0v) is 11.9. The molecule has 4 nitrogen and oxygen atoms in total. The number of carbonyl (C=O) groups is 1. The molecule has 1 fully saturated rings. The van der Waals surface area contributed by atoms with Crippen LogP contribution in [0.25, 0.3) is 0 Å². The first-order valence-corrected chi connectivity index (χ1v) is 7.40. The van der Waals surface area contributed by atoms with Gasteiger partial charge in [-0.2, -0.15) is 0 Å². The van der Waals surface area contributed by atoms with Gasteiger partial charge in [0.05, 0.1) is 17.1 Å². The van der Waals surface area contributed by atoms with E-state index in [4.69, 9.17) is 0 Å². The van der Waals surface area contributed by atoms with Crippen molar-refractivity contribution in [1.82, 2.24) is 15.2 Å². The van der Waals surface area contributed by atoms with Crippen molar-refractivity contribution in [2.75, 3.05) is 26.7 Å². The third kappa shape index (κ3) is 3.53. The van der Waals surface area contributed by atoms with Crippen LogP contribution in [0.2, 0.25) is 0 Å². The van der Waals surface area contributed by atoms with Gasteiger partial charge in [0, 0.05) is 18.5 Å². The molecule has 0 spiro atoms. The summed E-state index contributed by atoms with van der Waals surface area (Å²) in [4.78, 5) is 18.6. The fourth-order valence-electron chi connectivity index (χ4n) is 2.50. The molecule has 1 aromatic rings. The molecule has 0 aliphatic carbocycles. The lowest BCUT2D eigenvalue weighted by atomic mass is 9.98. The van der Waals surface area contributed by atoms with E-state index in [1.54, 1.807) is 11.3 Å². The lowest BCUT2D eigenvalue weighted by Crippen LogP contribution is -2.43. The van der Waals surface area contributed by atoms with E-state index in [0.29, 0.717) is 12.3 Å². The summed E-state index contributed by atoms with van der Waals surface area (Å²) in [6.45, 7) is 4.77. The lowest BCUT2D eigenvalue weighted by molar-refractivity contribution is -0.132. The largest absolute Gasteiger partial charge is 0.342 e. The molecule has 2 rings (SSSR count). The number of rotatable bonds is 4. The van der Waals surface area contributed by atoms with Crippen LogP contribution in [0, 0.1) is 12.8 Å². The van der Waals surface area contributed by atoms with Gasteiger partial charge in [0.1, 0.15) is 0 Å². The molecular weight excluding hydrogens is 246 g/mol. The van der Waals surface area contributed by atoms with E-state index >= 15 is 0 Å². The predicted octanol–water partition coefficient (Wildman–Crippen LogP) is 1.45. The highest BCUT2D eigenvalue weighted by Crippen LogP contribution is 2.17. The Morgan fingerprint density at radius 1 is 1.67 bits per heavy atom. The van der Waals surface area contributed by atoms with E-state index in [2.05, 4.69) is 10.3 Å². The van der Waals surface area contributed by atoms with Gasteiger partial charge in [-0.15, -0.1) is 11.3 Å². The number of nitrogens with one attached hydrogen (secondary N) is 1. The molecule has 100 valence electrons. The summed E-state index contributed by atoms with van der Waals surface area (Å²) in [5.74, 6) is 0.825. The number of likely N-dealkylation sites (tertiary alicyclic amines) is 1. The smallest absolute Gasteiger partial charge is 0.228 e. The minimum absolute atomic E-state index is 0.223. The molecule has 0 unspecified atom stereocenters. The third-order valence-corrected chi connectivity index (χ3v) is 4.19. The number of carbonyl (C=O) groups excluding carboxylic acids is 1. The van der Waals surface area contributed by atoms with Crippen molar-refractivity contribution in [3.63, 3.8) is 0 Å². The quantitative estimate of drug-likeness (QED) is 0.898. The van der Waals surface area contributed by atoms with E-state index in [9.17, 15) is 4.79 Å². The van der Waals surface area contributed by atoms with E-state index in [0.717, 1.165) is 36.8 Å². The van der Waals surface area contributed by atoms with Crippen LogP contribution in [0.3, 0.4) is 0 Å². The molecule has 0 radical (unpaired) electrons. The summed E-state index contributed by atoms with van der Waals surface area (Å²) in [6.07, 6.45) is 2.80. The van der Waals surface area contributed by atoms with Crippen molar-refractivity contribution in [3.05, 3.63) is 16.1 Å². The molecule has 0 bridgehead atoms. The van der Waals surface area contributed by atoms with Gasteiger partial charge in [-0.25, -0.2) is 4.98 Å². The van der Waals surface area contributed by atoms with E-state index < -0.39 is 0 Å².